The largest absolute Gasteiger partial charge is 0.496 e. The van der Waals surface area contributed by atoms with Gasteiger partial charge in [-0.2, -0.15) is 0 Å². The molecular weight excluding hydrogens is 332 g/mol. The number of hydrogen-bond donors (Lipinski definition) is 0. The minimum absolute atomic E-state index is 0.734. The monoisotopic (exact) mass is 368 g/mol. The highest BCUT2D eigenvalue weighted by atomic mass is 16.5. The molecule has 1 aromatic carbocycles. The Kier molecular flexibility index (Phi) is 6.39. The fourth-order valence-electron chi connectivity index (χ4n) is 5.33. The highest BCUT2D eigenvalue weighted by molar-refractivity contribution is 5.43. The first-order valence-corrected chi connectivity index (χ1v) is 11.2. The number of benzene rings is 1. The number of ether oxygens (including phenoxy) is 1. The zero-order valence-corrected chi connectivity index (χ0v) is 17.1. The number of rotatable bonds is 6. The lowest BCUT2D eigenvalue weighted by atomic mass is 9.80. The lowest BCUT2D eigenvalue weighted by Crippen LogP contribution is -2.46. The number of hydrogen-bond acceptors (Lipinski definition) is 3. The number of allylic oxidation sites excluding steroid dienone is 2. The van der Waals surface area contributed by atoms with Gasteiger partial charge in [0.05, 0.1) is 7.11 Å². The van der Waals surface area contributed by atoms with Crippen molar-refractivity contribution >= 4 is 0 Å². The van der Waals surface area contributed by atoms with Gasteiger partial charge in [-0.05, 0) is 87.4 Å². The molecule has 0 amide bonds. The molecule has 1 aromatic rings. The Labute approximate surface area is 165 Å². The molecule has 3 nitrogen and oxygen atoms in total. The van der Waals surface area contributed by atoms with Gasteiger partial charge < -0.3 is 9.64 Å². The predicted molar refractivity (Wildman–Crippen MR) is 112 cm³/mol. The molecule has 27 heavy (non-hydrogen) atoms. The van der Waals surface area contributed by atoms with Gasteiger partial charge in [-0.3, -0.25) is 4.90 Å². The summed E-state index contributed by atoms with van der Waals surface area (Å²) in [7, 11) is 1.81. The Morgan fingerprint density at radius 2 is 1.93 bits per heavy atom. The summed E-state index contributed by atoms with van der Waals surface area (Å²) >= 11 is 0. The van der Waals surface area contributed by atoms with Gasteiger partial charge in [-0.25, -0.2) is 0 Å². The fraction of sp³-hybridized carbons (Fsp3) is 0.667. The number of methoxy groups -OCH3 is 1. The van der Waals surface area contributed by atoms with Crippen LogP contribution in [0.5, 0.6) is 5.75 Å². The molecule has 0 saturated carbocycles. The molecule has 0 radical (unpaired) electrons. The summed E-state index contributed by atoms with van der Waals surface area (Å²) in [6.45, 7) is 6.21. The van der Waals surface area contributed by atoms with Crippen LogP contribution in [0.4, 0.5) is 0 Å². The van der Waals surface area contributed by atoms with Crippen molar-refractivity contribution < 1.29 is 4.74 Å². The van der Waals surface area contributed by atoms with E-state index in [9.17, 15) is 0 Å². The summed E-state index contributed by atoms with van der Waals surface area (Å²) in [5.41, 5.74) is 4.67. The number of nitrogens with zero attached hydrogens (tertiary/aromatic N) is 2. The normalized spacial score (nSPS) is 23.7. The van der Waals surface area contributed by atoms with Crippen LogP contribution in [0.15, 0.2) is 30.0 Å². The van der Waals surface area contributed by atoms with Crippen molar-refractivity contribution in [2.75, 3.05) is 39.8 Å². The molecule has 1 saturated heterocycles. The highest BCUT2D eigenvalue weighted by Gasteiger charge is 2.23. The summed E-state index contributed by atoms with van der Waals surface area (Å²) < 4.78 is 5.60. The Hall–Kier alpha value is -1.48. The summed E-state index contributed by atoms with van der Waals surface area (Å²) in [4.78, 5) is 5.34. The van der Waals surface area contributed by atoms with Gasteiger partial charge in [-0.15, -0.1) is 0 Å². The highest BCUT2D eigenvalue weighted by Crippen LogP contribution is 2.38. The molecule has 3 aliphatic rings. The van der Waals surface area contributed by atoms with Crippen LogP contribution < -0.4 is 4.74 Å². The van der Waals surface area contributed by atoms with E-state index in [1.165, 1.54) is 96.1 Å². The SMILES string of the molecule is COc1cccc2c1CCCC2CCCN1CCN(C2=CCCCC2)CC1. The lowest BCUT2D eigenvalue weighted by molar-refractivity contribution is 0.151. The molecule has 0 aromatic heterocycles. The molecule has 3 heteroatoms. The molecule has 1 aliphatic heterocycles. The van der Waals surface area contributed by atoms with Gasteiger partial charge in [0.15, 0.2) is 0 Å². The molecule has 0 N–H and O–H groups in total. The third-order valence-electron chi connectivity index (χ3n) is 6.88. The molecule has 0 spiro atoms. The van der Waals surface area contributed by atoms with Crippen LogP contribution in [0.2, 0.25) is 0 Å². The molecule has 1 heterocycles. The van der Waals surface area contributed by atoms with Crippen molar-refractivity contribution in [1.29, 1.82) is 0 Å². The maximum absolute atomic E-state index is 5.60. The van der Waals surface area contributed by atoms with E-state index in [0.29, 0.717) is 0 Å². The van der Waals surface area contributed by atoms with Crippen molar-refractivity contribution in [3.05, 3.63) is 41.1 Å². The molecule has 1 atom stereocenters. The van der Waals surface area contributed by atoms with Crippen LogP contribution in [-0.4, -0.2) is 49.6 Å². The van der Waals surface area contributed by atoms with Gasteiger partial charge in [0.1, 0.15) is 5.75 Å². The summed E-state index contributed by atoms with van der Waals surface area (Å²) in [5.74, 6) is 1.84. The maximum atomic E-state index is 5.60. The molecule has 1 fully saturated rings. The first-order valence-electron chi connectivity index (χ1n) is 11.2. The van der Waals surface area contributed by atoms with E-state index in [0.717, 1.165) is 11.7 Å². The van der Waals surface area contributed by atoms with Gasteiger partial charge >= 0.3 is 0 Å². The van der Waals surface area contributed by atoms with Crippen molar-refractivity contribution in [2.24, 2.45) is 0 Å². The molecule has 0 bridgehead atoms. The Bertz CT molecular complexity index is 646. The number of fused-ring (bicyclic) bond motifs is 1. The fourth-order valence-corrected chi connectivity index (χ4v) is 5.33. The predicted octanol–water partition coefficient (Wildman–Crippen LogP) is 4.97. The van der Waals surface area contributed by atoms with Crippen LogP contribution in [0, 0.1) is 0 Å². The van der Waals surface area contributed by atoms with Crippen LogP contribution in [0.3, 0.4) is 0 Å². The summed E-state index contributed by atoms with van der Waals surface area (Å²) in [6.07, 6.45) is 14.4. The minimum atomic E-state index is 0.734. The van der Waals surface area contributed by atoms with E-state index < -0.39 is 0 Å². The minimum Gasteiger partial charge on any atom is -0.496 e. The van der Waals surface area contributed by atoms with Crippen LogP contribution in [0.1, 0.15) is 68.4 Å². The van der Waals surface area contributed by atoms with E-state index >= 15 is 0 Å². The molecule has 4 rings (SSSR count). The zero-order chi connectivity index (χ0) is 18.5. The molecule has 1 unspecified atom stereocenters. The standard InChI is InChI=1S/C24H36N2O/c1-27-24-14-6-12-22-20(8-5-13-23(22)24)9-7-15-25-16-18-26(19-17-25)21-10-3-2-4-11-21/h6,10,12,14,20H,2-5,7-9,11,13,15-19H2,1H3. The van der Waals surface area contributed by atoms with Crippen molar-refractivity contribution in [3.8, 4) is 5.75 Å². The Morgan fingerprint density at radius 3 is 2.70 bits per heavy atom. The van der Waals surface area contributed by atoms with Crippen LogP contribution >= 0.6 is 0 Å². The van der Waals surface area contributed by atoms with Gasteiger partial charge in [0, 0.05) is 31.9 Å². The summed E-state index contributed by atoms with van der Waals surface area (Å²) in [5, 5.41) is 0. The first kappa shape index (κ1) is 18.9. The summed E-state index contributed by atoms with van der Waals surface area (Å²) in [6, 6.07) is 6.65. The second-order valence-corrected chi connectivity index (χ2v) is 8.53. The number of piperazine rings is 1. The molecular formula is C24H36N2O. The topological polar surface area (TPSA) is 15.7 Å². The second-order valence-electron chi connectivity index (χ2n) is 8.53. The van der Waals surface area contributed by atoms with Gasteiger partial charge in [0.25, 0.3) is 0 Å². The first-order chi connectivity index (χ1) is 13.3. The average Bonchev–Trinajstić information content (AvgIpc) is 2.74. The molecule has 2 aliphatic carbocycles. The third-order valence-corrected chi connectivity index (χ3v) is 6.88. The van der Waals surface area contributed by atoms with Crippen molar-refractivity contribution in [1.82, 2.24) is 9.80 Å². The van der Waals surface area contributed by atoms with E-state index in [-0.39, 0.29) is 0 Å². The van der Waals surface area contributed by atoms with Gasteiger partial charge in [-0.1, -0.05) is 18.2 Å². The average molecular weight is 369 g/mol. The van der Waals surface area contributed by atoms with E-state index in [2.05, 4.69) is 34.1 Å². The van der Waals surface area contributed by atoms with E-state index in [1.54, 1.807) is 11.3 Å². The molecule has 148 valence electrons. The van der Waals surface area contributed by atoms with Crippen molar-refractivity contribution in [2.45, 2.75) is 63.7 Å². The quantitative estimate of drug-likeness (QED) is 0.705. The van der Waals surface area contributed by atoms with E-state index in [4.69, 9.17) is 4.74 Å². The lowest BCUT2D eigenvalue weighted by Gasteiger charge is -2.38. The van der Waals surface area contributed by atoms with Gasteiger partial charge in [0.2, 0.25) is 0 Å². The maximum Gasteiger partial charge on any atom is 0.122 e. The Balaban J connectivity index is 1.24. The van der Waals surface area contributed by atoms with E-state index in [1.807, 2.05) is 7.11 Å². The van der Waals surface area contributed by atoms with Crippen LogP contribution in [0.25, 0.3) is 0 Å². The second kappa shape index (κ2) is 9.14. The smallest absolute Gasteiger partial charge is 0.122 e. The van der Waals surface area contributed by atoms with Crippen LogP contribution in [-0.2, 0) is 6.42 Å². The third kappa shape index (κ3) is 4.51. The van der Waals surface area contributed by atoms with Crippen molar-refractivity contribution in [3.63, 3.8) is 0 Å². The Morgan fingerprint density at radius 1 is 1.04 bits per heavy atom. The zero-order valence-electron chi connectivity index (χ0n) is 17.1.